The molecule has 1 aromatic heterocycles. The topological polar surface area (TPSA) is 60.0 Å². The molecule has 98 valence electrons. The zero-order valence-electron chi connectivity index (χ0n) is 10.5. The summed E-state index contributed by atoms with van der Waals surface area (Å²) in [6, 6.07) is 0.505. The first-order valence-electron chi connectivity index (χ1n) is 5.98. The first-order chi connectivity index (χ1) is 7.69. The van der Waals surface area contributed by atoms with Crippen LogP contribution in [0.4, 0.5) is 0 Å². The van der Waals surface area contributed by atoms with E-state index in [1.807, 2.05) is 13.2 Å². The van der Waals surface area contributed by atoms with E-state index in [1.54, 1.807) is 4.80 Å². The van der Waals surface area contributed by atoms with Crippen LogP contribution in [0, 0.1) is 5.92 Å². The van der Waals surface area contributed by atoms with Crippen molar-refractivity contribution in [3.8, 4) is 0 Å². The SMILES string of the molecule is CC1CCN(Cc2cnn(C)n2)C(CN)C1.Cl. The van der Waals surface area contributed by atoms with Gasteiger partial charge in [-0.15, -0.1) is 12.4 Å². The molecule has 0 bridgehead atoms. The molecule has 17 heavy (non-hydrogen) atoms. The van der Waals surface area contributed by atoms with Gasteiger partial charge in [-0.2, -0.15) is 15.0 Å². The molecule has 0 aromatic carbocycles. The van der Waals surface area contributed by atoms with Crippen molar-refractivity contribution in [1.29, 1.82) is 0 Å². The van der Waals surface area contributed by atoms with Crippen molar-refractivity contribution in [3.05, 3.63) is 11.9 Å². The number of piperidine rings is 1. The smallest absolute Gasteiger partial charge is 0.0967 e. The Kier molecular flexibility index (Phi) is 5.36. The van der Waals surface area contributed by atoms with Gasteiger partial charge in [-0.25, -0.2) is 0 Å². The van der Waals surface area contributed by atoms with Gasteiger partial charge in [0.25, 0.3) is 0 Å². The maximum Gasteiger partial charge on any atom is 0.0967 e. The Morgan fingerprint density at radius 2 is 2.29 bits per heavy atom. The second kappa shape index (κ2) is 6.33. The predicted octanol–water partition coefficient (Wildman–Crippen LogP) is 0.796. The summed E-state index contributed by atoms with van der Waals surface area (Å²) in [4.78, 5) is 4.05. The van der Waals surface area contributed by atoms with Crippen molar-refractivity contribution < 1.29 is 0 Å². The maximum absolute atomic E-state index is 5.83. The molecule has 1 saturated heterocycles. The standard InChI is InChI=1S/C11H21N5.ClH/c1-9-3-4-16(11(5-9)6-12)8-10-7-13-15(2)14-10;/h7,9,11H,3-6,8,12H2,1-2H3;1H. The highest BCUT2D eigenvalue weighted by Crippen LogP contribution is 2.22. The normalized spacial score (nSPS) is 25.6. The number of nitrogens with two attached hydrogens (primary N) is 1. The van der Waals surface area contributed by atoms with Gasteiger partial charge in [-0.1, -0.05) is 6.92 Å². The molecule has 0 saturated carbocycles. The summed E-state index contributed by atoms with van der Waals surface area (Å²) in [5.74, 6) is 0.798. The average Bonchev–Trinajstić information content (AvgIpc) is 2.67. The van der Waals surface area contributed by atoms with Crippen molar-refractivity contribution >= 4 is 12.4 Å². The largest absolute Gasteiger partial charge is 0.329 e. The van der Waals surface area contributed by atoms with Crippen LogP contribution in [-0.4, -0.2) is 39.0 Å². The highest BCUT2D eigenvalue weighted by Gasteiger charge is 2.25. The van der Waals surface area contributed by atoms with Crippen molar-refractivity contribution in [2.24, 2.45) is 18.7 Å². The van der Waals surface area contributed by atoms with Crippen LogP contribution in [0.3, 0.4) is 0 Å². The van der Waals surface area contributed by atoms with Crippen LogP contribution in [0.2, 0.25) is 0 Å². The number of aryl methyl sites for hydroxylation is 1. The minimum atomic E-state index is 0. The molecule has 0 radical (unpaired) electrons. The van der Waals surface area contributed by atoms with Gasteiger partial charge < -0.3 is 5.73 Å². The summed E-state index contributed by atoms with van der Waals surface area (Å²) >= 11 is 0. The lowest BCUT2D eigenvalue weighted by molar-refractivity contribution is 0.113. The molecule has 0 aliphatic carbocycles. The number of hydrogen-bond donors (Lipinski definition) is 1. The quantitative estimate of drug-likeness (QED) is 0.872. The molecule has 2 N–H and O–H groups in total. The Morgan fingerprint density at radius 3 is 2.88 bits per heavy atom. The van der Waals surface area contributed by atoms with E-state index >= 15 is 0 Å². The van der Waals surface area contributed by atoms with Crippen LogP contribution in [0.15, 0.2) is 6.20 Å². The van der Waals surface area contributed by atoms with Crippen LogP contribution in [0.5, 0.6) is 0 Å². The monoisotopic (exact) mass is 259 g/mol. The van der Waals surface area contributed by atoms with Crippen LogP contribution in [0.1, 0.15) is 25.5 Å². The summed E-state index contributed by atoms with van der Waals surface area (Å²) in [7, 11) is 1.85. The maximum atomic E-state index is 5.83. The molecule has 2 rings (SSSR count). The van der Waals surface area contributed by atoms with Gasteiger partial charge in [0.05, 0.1) is 11.9 Å². The zero-order valence-corrected chi connectivity index (χ0v) is 11.4. The summed E-state index contributed by atoms with van der Waals surface area (Å²) in [5, 5.41) is 8.41. The number of hydrogen-bond acceptors (Lipinski definition) is 4. The zero-order chi connectivity index (χ0) is 11.5. The molecule has 2 unspecified atom stereocenters. The Hall–Kier alpha value is -0.650. The molecular formula is C11H22ClN5. The van der Waals surface area contributed by atoms with Gasteiger partial charge >= 0.3 is 0 Å². The minimum Gasteiger partial charge on any atom is -0.329 e. The highest BCUT2D eigenvalue weighted by molar-refractivity contribution is 5.85. The van der Waals surface area contributed by atoms with Crippen LogP contribution >= 0.6 is 12.4 Å². The second-order valence-corrected chi connectivity index (χ2v) is 4.81. The fourth-order valence-corrected chi connectivity index (χ4v) is 2.42. The van der Waals surface area contributed by atoms with Gasteiger partial charge in [0.1, 0.15) is 0 Å². The van der Waals surface area contributed by atoms with Gasteiger partial charge in [0.15, 0.2) is 0 Å². The fourth-order valence-electron chi connectivity index (χ4n) is 2.42. The average molecular weight is 260 g/mol. The van der Waals surface area contributed by atoms with Crippen LogP contribution < -0.4 is 5.73 Å². The molecule has 5 nitrogen and oxygen atoms in total. The first-order valence-corrected chi connectivity index (χ1v) is 5.98. The third-order valence-corrected chi connectivity index (χ3v) is 3.38. The van der Waals surface area contributed by atoms with Gasteiger partial charge in [0, 0.05) is 26.2 Å². The molecule has 0 amide bonds. The summed E-state index contributed by atoms with van der Waals surface area (Å²) in [6.07, 6.45) is 4.30. The van der Waals surface area contributed by atoms with E-state index in [9.17, 15) is 0 Å². The van der Waals surface area contributed by atoms with Crippen molar-refractivity contribution in [1.82, 2.24) is 19.9 Å². The molecule has 1 aromatic rings. The Balaban J connectivity index is 0.00000144. The molecule has 0 spiro atoms. The summed E-state index contributed by atoms with van der Waals surface area (Å²) < 4.78 is 0. The second-order valence-electron chi connectivity index (χ2n) is 4.81. The summed E-state index contributed by atoms with van der Waals surface area (Å²) in [5.41, 5.74) is 6.87. The van der Waals surface area contributed by atoms with Crippen molar-refractivity contribution in [3.63, 3.8) is 0 Å². The third kappa shape index (κ3) is 3.66. The number of rotatable bonds is 3. The first kappa shape index (κ1) is 14.4. The lowest BCUT2D eigenvalue weighted by Gasteiger charge is -2.37. The van der Waals surface area contributed by atoms with Crippen molar-refractivity contribution in [2.75, 3.05) is 13.1 Å². The minimum absolute atomic E-state index is 0. The number of aromatic nitrogens is 3. The Bertz CT molecular complexity index is 340. The molecule has 1 fully saturated rings. The van der Waals surface area contributed by atoms with Gasteiger partial charge in [-0.3, -0.25) is 4.90 Å². The lowest BCUT2D eigenvalue weighted by atomic mass is 9.92. The number of nitrogens with zero attached hydrogens (tertiary/aromatic N) is 4. The van der Waals surface area contributed by atoms with E-state index < -0.39 is 0 Å². The van der Waals surface area contributed by atoms with Crippen LogP contribution in [-0.2, 0) is 13.6 Å². The van der Waals surface area contributed by atoms with Gasteiger partial charge in [0.2, 0.25) is 0 Å². The molecule has 1 aliphatic rings. The summed E-state index contributed by atoms with van der Waals surface area (Å²) in [6.45, 7) is 5.05. The molecule has 1 aliphatic heterocycles. The van der Waals surface area contributed by atoms with E-state index in [2.05, 4.69) is 22.0 Å². The Morgan fingerprint density at radius 1 is 1.53 bits per heavy atom. The van der Waals surface area contributed by atoms with E-state index in [1.165, 1.54) is 12.8 Å². The molecule has 6 heteroatoms. The van der Waals surface area contributed by atoms with Crippen LogP contribution in [0.25, 0.3) is 0 Å². The fraction of sp³-hybridized carbons (Fsp3) is 0.818. The lowest BCUT2D eigenvalue weighted by Crippen LogP contribution is -2.45. The third-order valence-electron chi connectivity index (χ3n) is 3.38. The Labute approximate surface area is 109 Å². The van der Waals surface area contributed by atoms with Crippen molar-refractivity contribution in [2.45, 2.75) is 32.4 Å². The predicted molar refractivity (Wildman–Crippen MR) is 69.9 cm³/mol. The number of halogens is 1. The molecular weight excluding hydrogens is 238 g/mol. The molecule has 2 heterocycles. The van der Waals surface area contributed by atoms with E-state index in [0.29, 0.717) is 6.04 Å². The van der Waals surface area contributed by atoms with E-state index in [4.69, 9.17) is 5.73 Å². The van der Waals surface area contributed by atoms with E-state index in [0.717, 1.165) is 31.2 Å². The highest BCUT2D eigenvalue weighted by atomic mass is 35.5. The number of likely N-dealkylation sites (tertiary alicyclic amines) is 1. The van der Waals surface area contributed by atoms with E-state index in [-0.39, 0.29) is 12.4 Å². The molecule has 2 atom stereocenters. The van der Waals surface area contributed by atoms with Gasteiger partial charge in [-0.05, 0) is 25.3 Å².